The second kappa shape index (κ2) is 8.42. The van der Waals surface area contributed by atoms with Gasteiger partial charge in [0.15, 0.2) is 0 Å². The molecule has 0 aromatic carbocycles. The first-order chi connectivity index (χ1) is 14.7. The summed E-state index contributed by atoms with van der Waals surface area (Å²) in [5, 5.41) is 0. The van der Waals surface area contributed by atoms with Crippen LogP contribution in [0.4, 0.5) is 0 Å². The number of amides is 1. The Morgan fingerprint density at radius 1 is 1.23 bits per heavy atom. The van der Waals surface area contributed by atoms with Crippen LogP contribution in [0.15, 0.2) is 27.8 Å². The van der Waals surface area contributed by atoms with Crippen molar-refractivity contribution in [3.63, 3.8) is 0 Å². The molecule has 0 aliphatic carbocycles. The van der Waals surface area contributed by atoms with Gasteiger partial charge in [0.1, 0.15) is 5.69 Å². The van der Waals surface area contributed by atoms with Crippen LogP contribution in [0.5, 0.6) is 0 Å². The number of carbonyl (C=O) groups is 1. The molecule has 0 spiro atoms. The molecule has 2 aliphatic heterocycles. The highest BCUT2D eigenvalue weighted by atomic mass is 16.2. The summed E-state index contributed by atoms with van der Waals surface area (Å²) in [6.45, 7) is 6.48. The number of hydrogen-bond acceptors (Lipinski definition) is 5. The number of carbonyl (C=O) groups excluding carboxylic acids is 1. The number of H-pyrrole nitrogens is 1. The number of hydrogen-bond donors (Lipinski definition) is 1. The minimum absolute atomic E-state index is 0.0789. The van der Waals surface area contributed by atoms with Crippen LogP contribution in [0.25, 0.3) is 0 Å². The Hall–Kier alpha value is -2.74. The van der Waals surface area contributed by atoms with E-state index in [4.69, 9.17) is 0 Å². The van der Waals surface area contributed by atoms with Crippen LogP contribution in [0.3, 0.4) is 0 Å². The molecule has 8 heteroatoms. The van der Waals surface area contributed by atoms with Crippen LogP contribution in [-0.2, 0) is 19.5 Å². The van der Waals surface area contributed by atoms with Crippen molar-refractivity contribution in [2.45, 2.75) is 45.7 Å². The van der Waals surface area contributed by atoms with E-state index in [2.05, 4.69) is 23.8 Å². The molecule has 1 N–H and O–H groups in total. The van der Waals surface area contributed by atoms with Crippen molar-refractivity contribution in [1.29, 1.82) is 0 Å². The topological polar surface area (TPSA) is 91.3 Å². The molecule has 0 radical (unpaired) electrons. The van der Waals surface area contributed by atoms with Gasteiger partial charge in [0.2, 0.25) is 0 Å². The number of pyridine rings is 1. The van der Waals surface area contributed by atoms with Crippen LogP contribution in [0.2, 0.25) is 0 Å². The zero-order valence-electron chi connectivity index (χ0n) is 18.7. The summed E-state index contributed by atoms with van der Waals surface area (Å²) in [6, 6.07) is 5.67. The summed E-state index contributed by atoms with van der Waals surface area (Å²) >= 11 is 0. The molecule has 4 rings (SSSR count). The van der Waals surface area contributed by atoms with E-state index in [1.807, 2.05) is 40.6 Å². The van der Waals surface area contributed by atoms with Crippen molar-refractivity contribution in [1.82, 2.24) is 24.3 Å². The standard InChI is InChI=1S/C23H31N5O3/c1-14(2)7-18-9-19(25-23(31)24-18)22(30)27-10-15-8-17(13-27)20-6-5-16(12-26(3)4)21(29)28(20)11-15/h5-6,9,14-15,17H,7-8,10-13H2,1-4H3,(H,24,25,31)/t15-,17+/m0/s1. The van der Waals surface area contributed by atoms with Gasteiger partial charge in [-0.15, -0.1) is 0 Å². The maximum atomic E-state index is 13.2. The van der Waals surface area contributed by atoms with Gasteiger partial charge in [-0.3, -0.25) is 9.59 Å². The van der Waals surface area contributed by atoms with Crippen molar-refractivity contribution in [2.24, 2.45) is 11.8 Å². The highest BCUT2D eigenvalue weighted by Crippen LogP contribution is 2.35. The maximum Gasteiger partial charge on any atom is 0.345 e. The average molecular weight is 426 g/mol. The molecule has 166 valence electrons. The Labute approximate surface area is 181 Å². The molecular formula is C23H31N5O3. The monoisotopic (exact) mass is 425 g/mol. The summed E-state index contributed by atoms with van der Waals surface area (Å²) in [4.78, 5) is 48.7. The molecule has 2 aliphatic rings. The van der Waals surface area contributed by atoms with Gasteiger partial charge in [-0.05, 0) is 50.9 Å². The molecule has 2 bridgehead atoms. The summed E-state index contributed by atoms with van der Waals surface area (Å²) in [5.74, 6) is 0.503. The number of likely N-dealkylation sites (tertiary alicyclic amines) is 1. The normalized spacial score (nSPS) is 20.3. The average Bonchev–Trinajstić information content (AvgIpc) is 2.68. The first-order valence-corrected chi connectivity index (χ1v) is 11.0. The van der Waals surface area contributed by atoms with Crippen molar-refractivity contribution in [2.75, 3.05) is 27.2 Å². The maximum absolute atomic E-state index is 13.2. The first-order valence-electron chi connectivity index (χ1n) is 11.0. The number of nitrogens with zero attached hydrogens (tertiary/aromatic N) is 4. The van der Waals surface area contributed by atoms with E-state index in [0.717, 1.165) is 23.4 Å². The van der Waals surface area contributed by atoms with E-state index in [1.54, 1.807) is 6.07 Å². The molecule has 31 heavy (non-hydrogen) atoms. The lowest BCUT2D eigenvalue weighted by Crippen LogP contribution is -2.49. The van der Waals surface area contributed by atoms with Gasteiger partial charge in [-0.25, -0.2) is 4.79 Å². The smallest absolute Gasteiger partial charge is 0.336 e. The third-order valence-corrected chi connectivity index (χ3v) is 6.10. The largest absolute Gasteiger partial charge is 0.345 e. The Kier molecular flexibility index (Phi) is 5.83. The third kappa shape index (κ3) is 4.49. The summed E-state index contributed by atoms with van der Waals surface area (Å²) in [5.41, 5.74) is 2.34. The van der Waals surface area contributed by atoms with Crippen LogP contribution < -0.4 is 11.2 Å². The van der Waals surface area contributed by atoms with Gasteiger partial charge in [-0.1, -0.05) is 19.9 Å². The predicted octanol–water partition coefficient (Wildman–Crippen LogP) is 1.45. The molecule has 2 aromatic rings. The third-order valence-electron chi connectivity index (χ3n) is 6.10. The van der Waals surface area contributed by atoms with Gasteiger partial charge in [0.05, 0.1) is 0 Å². The highest BCUT2D eigenvalue weighted by Gasteiger charge is 2.37. The van der Waals surface area contributed by atoms with Crippen molar-refractivity contribution < 1.29 is 4.79 Å². The van der Waals surface area contributed by atoms with Crippen LogP contribution in [0.1, 0.15) is 53.6 Å². The second-order valence-corrected chi connectivity index (χ2v) is 9.64. The van der Waals surface area contributed by atoms with Gasteiger partial charge in [0.25, 0.3) is 11.5 Å². The molecular weight excluding hydrogens is 394 g/mol. The Balaban J connectivity index is 1.59. The molecule has 0 unspecified atom stereocenters. The Morgan fingerprint density at radius 2 is 2.00 bits per heavy atom. The fraction of sp³-hybridized carbons (Fsp3) is 0.565. The van der Waals surface area contributed by atoms with E-state index >= 15 is 0 Å². The highest BCUT2D eigenvalue weighted by molar-refractivity contribution is 5.92. The lowest BCUT2D eigenvalue weighted by Gasteiger charge is -2.42. The zero-order chi connectivity index (χ0) is 22.3. The fourth-order valence-electron chi connectivity index (χ4n) is 4.95. The van der Waals surface area contributed by atoms with E-state index in [0.29, 0.717) is 38.5 Å². The van der Waals surface area contributed by atoms with Gasteiger partial charge in [0, 0.05) is 49.0 Å². The summed E-state index contributed by atoms with van der Waals surface area (Å²) < 4.78 is 1.91. The summed E-state index contributed by atoms with van der Waals surface area (Å²) in [6.07, 6.45) is 1.66. The first kappa shape index (κ1) is 21.5. The molecule has 2 atom stereocenters. The zero-order valence-corrected chi connectivity index (χ0v) is 18.7. The molecule has 4 heterocycles. The second-order valence-electron chi connectivity index (χ2n) is 9.64. The van der Waals surface area contributed by atoms with Gasteiger partial charge >= 0.3 is 5.69 Å². The number of piperidine rings is 1. The minimum Gasteiger partial charge on any atom is -0.336 e. The number of rotatable bonds is 5. The van der Waals surface area contributed by atoms with Gasteiger partial charge in [-0.2, -0.15) is 4.98 Å². The minimum atomic E-state index is -0.482. The van der Waals surface area contributed by atoms with Crippen LogP contribution in [0, 0.1) is 11.8 Å². The SMILES string of the molecule is CC(C)Cc1cc(C(=O)N2C[C@@H]3C[C@H](C2)c2ccc(CN(C)C)c(=O)n2C3)nc(=O)[nH]1. The Bertz CT molecular complexity index is 1100. The van der Waals surface area contributed by atoms with Crippen molar-refractivity contribution in [3.8, 4) is 0 Å². The van der Waals surface area contributed by atoms with E-state index in [9.17, 15) is 14.4 Å². The molecule has 0 saturated carbocycles. The number of fused-ring (bicyclic) bond motifs is 4. The number of aromatic nitrogens is 3. The number of aromatic amines is 1. The molecule has 2 aromatic heterocycles. The lowest BCUT2D eigenvalue weighted by molar-refractivity contribution is 0.0587. The predicted molar refractivity (Wildman–Crippen MR) is 118 cm³/mol. The Morgan fingerprint density at radius 3 is 2.71 bits per heavy atom. The molecule has 8 nitrogen and oxygen atoms in total. The number of nitrogens with one attached hydrogen (secondary N) is 1. The van der Waals surface area contributed by atoms with Crippen molar-refractivity contribution >= 4 is 5.91 Å². The molecule has 1 saturated heterocycles. The van der Waals surface area contributed by atoms with Crippen LogP contribution >= 0.6 is 0 Å². The quantitative estimate of drug-likeness (QED) is 0.783. The van der Waals surface area contributed by atoms with E-state index in [-0.39, 0.29) is 29.0 Å². The lowest BCUT2D eigenvalue weighted by atomic mass is 9.82. The van der Waals surface area contributed by atoms with Crippen LogP contribution in [-0.4, -0.2) is 57.4 Å². The van der Waals surface area contributed by atoms with E-state index in [1.165, 1.54) is 0 Å². The van der Waals surface area contributed by atoms with E-state index < -0.39 is 5.69 Å². The van der Waals surface area contributed by atoms with Crippen molar-refractivity contribution in [3.05, 3.63) is 61.7 Å². The fourth-order valence-corrected chi connectivity index (χ4v) is 4.95. The van der Waals surface area contributed by atoms with Gasteiger partial charge < -0.3 is 19.4 Å². The summed E-state index contributed by atoms with van der Waals surface area (Å²) in [7, 11) is 3.91. The molecule has 1 fully saturated rings. The molecule has 1 amide bonds.